The molecule has 0 aromatic heterocycles. The van der Waals surface area contributed by atoms with Gasteiger partial charge >= 0.3 is 0 Å². The van der Waals surface area contributed by atoms with Crippen LogP contribution in [0.4, 0.5) is 0 Å². The summed E-state index contributed by atoms with van der Waals surface area (Å²) in [5.74, 6) is -2.77. The normalized spacial score (nSPS) is 23.7. The van der Waals surface area contributed by atoms with E-state index in [9.17, 15) is 10.4 Å². The Kier molecular flexibility index (Phi) is 4.92. The third-order valence-electron chi connectivity index (χ3n) is 5.17. The van der Waals surface area contributed by atoms with E-state index in [1.54, 1.807) is 24.3 Å². The minimum atomic E-state index is -1.90. The molecule has 140 valence electrons. The standard InChI is InChI=1S/C23H18ClNO3/c24-21-13-11-19(12-14-21)23(26)20(16-25)15-22(27-28-23,17-7-3-1-4-8-17)18-9-5-2-6-10-18/h1-14,20,26H,15H2. The molecule has 2 unspecified atom stereocenters. The highest BCUT2D eigenvalue weighted by Gasteiger charge is 2.54. The first-order valence-electron chi connectivity index (χ1n) is 8.94. The van der Waals surface area contributed by atoms with Crippen LogP contribution >= 0.6 is 11.6 Å². The molecule has 0 aliphatic carbocycles. The minimum Gasteiger partial charge on any atom is -0.359 e. The van der Waals surface area contributed by atoms with Gasteiger partial charge in [-0.05, 0) is 23.3 Å². The summed E-state index contributed by atoms with van der Waals surface area (Å²) in [7, 11) is 0. The Hall–Kier alpha value is -2.68. The molecule has 2 atom stereocenters. The lowest BCUT2D eigenvalue weighted by Gasteiger charge is -2.45. The highest BCUT2D eigenvalue weighted by Crippen LogP contribution is 2.50. The van der Waals surface area contributed by atoms with Crippen LogP contribution in [0.15, 0.2) is 84.9 Å². The number of benzene rings is 3. The fourth-order valence-electron chi connectivity index (χ4n) is 3.64. The highest BCUT2D eigenvalue weighted by molar-refractivity contribution is 6.30. The van der Waals surface area contributed by atoms with E-state index in [4.69, 9.17) is 21.4 Å². The molecule has 1 heterocycles. The summed E-state index contributed by atoms with van der Waals surface area (Å²) in [5.41, 5.74) is 1.10. The molecule has 1 aliphatic rings. The zero-order chi connectivity index (χ0) is 19.6. The van der Waals surface area contributed by atoms with Crippen molar-refractivity contribution in [2.24, 2.45) is 5.92 Å². The second kappa shape index (κ2) is 7.38. The first-order valence-corrected chi connectivity index (χ1v) is 9.32. The van der Waals surface area contributed by atoms with Gasteiger partial charge in [0.1, 0.15) is 5.92 Å². The number of hydrogen-bond donors (Lipinski definition) is 1. The molecule has 3 aromatic carbocycles. The molecule has 0 spiro atoms. The molecule has 28 heavy (non-hydrogen) atoms. The zero-order valence-corrected chi connectivity index (χ0v) is 15.7. The van der Waals surface area contributed by atoms with Gasteiger partial charge in [-0.25, -0.2) is 4.89 Å². The summed E-state index contributed by atoms with van der Waals surface area (Å²) >= 11 is 5.95. The maximum atomic E-state index is 11.2. The average molecular weight is 392 g/mol. The Labute approximate surface area is 168 Å². The van der Waals surface area contributed by atoms with Crippen LogP contribution in [0, 0.1) is 17.2 Å². The molecule has 1 fully saturated rings. The van der Waals surface area contributed by atoms with Gasteiger partial charge in [-0.1, -0.05) is 84.4 Å². The van der Waals surface area contributed by atoms with Crippen molar-refractivity contribution in [2.45, 2.75) is 17.8 Å². The lowest BCUT2D eigenvalue weighted by molar-refractivity contribution is -0.500. The third-order valence-corrected chi connectivity index (χ3v) is 5.42. The van der Waals surface area contributed by atoms with Gasteiger partial charge in [0.2, 0.25) is 5.79 Å². The van der Waals surface area contributed by atoms with Gasteiger partial charge in [0.05, 0.1) is 6.07 Å². The van der Waals surface area contributed by atoms with E-state index in [1.807, 2.05) is 60.7 Å². The van der Waals surface area contributed by atoms with E-state index < -0.39 is 17.3 Å². The predicted octanol–water partition coefficient (Wildman–Crippen LogP) is 4.92. The molecule has 1 N–H and O–H groups in total. The SMILES string of the molecule is N#CC1CC(c2ccccc2)(c2ccccc2)OOC1(O)c1ccc(Cl)cc1. The van der Waals surface area contributed by atoms with E-state index >= 15 is 0 Å². The number of nitriles is 1. The number of nitrogens with zero attached hydrogens (tertiary/aromatic N) is 1. The molecule has 0 bridgehead atoms. The molecule has 1 aliphatic heterocycles. The molecule has 0 amide bonds. The van der Waals surface area contributed by atoms with Gasteiger partial charge in [-0.2, -0.15) is 10.1 Å². The Balaban J connectivity index is 1.80. The zero-order valence-electron chi connectivity index (χ0n) is 15.0. The van der Waals surface area contributed by atoms with Crippen LogP contribution in [0.5, 0.6) is 0 Å². The van der Waals surface area contributed by atoms with Crippen LogP contribution in [-0.2, 0) is 21.2 Å². The number of halogens is 1. The Morgan fingerprint density at radius 2 is 1.36 bits per heavy atom. The summed E-state index contributed by atoms with van der Waals surface area (Å²) in [6.45, 7) is 0. The van der Waals surface area contributed by atoms with Gasteiger partial charge in [-0.15, -0.1) is 0 Å². The van der Waals surface area contributed by atoms with E-state index in [1.165, 1.54) is 0 Å². The summed E-state index contributed by atoms with van der Waals surface area (Å²) in [5, 5.41) is 21.6. The third kappa shape index (κ3) is 3.09. The van der Waals surface area contributed by atoms with Crippen LogP contribution in [0.2, 0.25) is 5.02 Å². The summed E-state index contributed by atoms with van der Waals surface area (Å²) < 4.78 is 0. The second-order valence-corrected chi connectivity index (χ2v) is 7.25. The van der Waals surface area contributed by atoms with Crippen molar-refractivity contribution in [3.05, 3.63) is 107 Å². The van der Waals surface area contributed by atoms with E-state index in [0.29, 0.717) is 10.6 Å². The first-order chi connectivity index (χ1) is 13.6. The van der Waals surface area contributed by atoms with Crippen LogP contribution in [0.1, 0.15) is 23.1 Å². The van der Waals surface area contributed by atoms with Gasteiger partial charge < -0.3 is 5.11 Å². The van der Waals surface area contributed by atoms with Crippen LogP contribution in [0.25, 0.3) is 0 Å². The number of rotatable bonds is 3. The van der Waals surface area contributed by atoms with Gasteiger partial charge in [0.25, 0.3) is 0 Å². The van der Waals surface area contributed by atoms with Gasteiger partial charge in [0.15, 0.2) is 5.60 Å². The predicted molar refractivity (Wildman–Crippen MR) is 105 cm³/mol. The van der Waals surface area contributed by atoms with Crippen molar-refractivity contribution in [3.63, 3.8) is 0 Å². The van der Waals surface area contributed by atoms with Crippen molar-refractivity contribution in [1.82, 2.24) is 0 Å². The van der Waals surface area contributed by atoms with Gasteiger partial charge in [0, 0.05) is 17.0 Å². The molecular formula is C23H18ClNO3. The largest absolute Gasteiger partial charge is 0.359 e. The molecule has 0 saturated carbocycles. The maximum Gasteiger partial charge on any atom is 0.241 e. The first kappa shape index (κ1) is 18.7. The molecule has 1 saturated heterocycles. The molecular weight excluding hydrogens is 374 g/mol. The van der Waals surface area contributed by atoms with Gasteiger partial charge in [-0.3, -0.25) is 0 Å². The van der Waals surface area contributed by atoms with E-state index in [2.05, 4.69) is 6.07 Å². The van der Waals surface area contributed by atoms with Crippen molar-refractivity contribution >= 4 is 11.6 Å². The van der Waals surface area contributed by atoms with Crippen LogP contribution < -0.4 is 0 Å². The summed E-state index contributed by atoms with van der Waals surface area (Å²) in [4.78, 5) is 11.5. The molecule has 0 radical (unpaired) electrons. The van der Waals surface area contributed by atoms with Crippen LogP contribution in [-0.4, -0.2) is 5.11 Å². The topological polar surface area (TPSA) is 62.5 Å². The Bertz CT molecular complexity index is 946. The molecule has 4 nitrogen and oxygen atoms in total. The fourth-order valence-corrected chi connectivity index (χ4v) is 3.76. The lowest BCUT2D eigenvalue weighted by atomic mass is 9.75. The highest BCUT2D eigenvalue weighted by atomic mass is 35.5. The van der Waals surface area contributed by atoms with Crippen molar-refractivity contribution < 1.29 is 14.9 Å². The monoisotopic (exact) mass is 391 g/mol. The molecule has 5 heteroatoms. The quantitative estimate of drug-likeness (QED) is 0.643. The van der Waals surface area contributed by atoms with Crippen LogP contribution in [0.3, 0.4) is 0 Å². The van der Waals surface area contributed by atoms with Crippen molar-refractivity contribution in [2.75, 3.05) is 0 Å². The fraction of sp³-hybridized carbons (Fsp3) is 0.174. The smallest absolute Gasteiger partial charge is 0.241 e. The summed E-state index contributed by atoms with van der Waals surface area (Å²) in [6.07, 6.45) is 0.219. The summed E-state index contributed by atoms with van der Waals surface area (Å²) in [6, 6.07) is 27.9. The Morgan fingerprint density at radius 3 is 1.86 bits per heavy atom. The lowest BCUT2D eigenvalue weighted by Crippen LogP contribution is -2.50. The maximum absolute atomic E-state index is 11.2. The minimum absolute atomic E-state index is 0.219. The number of aliphatic hydroxyl groups is 1. The molecule has 4 rings (SSSR count). The van der Waals surface area contributed by atoms with Crippen molar-refractivity contribution in [1.29, 1.82) is 5.26 Å². The van der Waals surface area contributed by atoms with E-state index in [0.717, 1.165) is 11.1 Å². The molecule has 3 aromatic rings. The van der Waals surface area contributed by atoms with Crippen molar-refractivity contribution in [3.8, 4) is 6.07 Å². The second-order valence-electron chi connectivity index (χ2n) is 6.81. The van der Waals surface area contributed by atoms with E-state index in [-0.39, 0.29) is 6.42 Å². The average Bonchev–Trinajstić information content (AvgIpc) is 2.76. The Morgan fingerprint density at radius 1 is 0.821 bits per heavy atom. The number of hydrogen-bond acceptors (Lipinski definition) is 4.